The maximum atomic E-state index is 12.9. The third-order valence-corrected chi connectivity index (χ3v) is 5.53. The van der Waals surface area contributed by atoms with Crippen molar-refractivity contribution in [3.8, 4) is 0 Å². The van der Waals surface area contributed by atoms with Crippen LogP contribution < -0.4 is 16.4 Å². The van der Waals surface area contributed by atoms with Crippen molar-refractivity contribution >= 4 is 23.6 Å². The zero-order valence-electron chi connectivity index (χ0n) is 17.1. The van der Waals surface area contributed by atoms with Crippen molar-refractivity contribution < 1.29 is 19.2 Å². The molecule has 0 radical (unpaired) electrons. The predicted octanol–water partition coefficient (Wildman–Crippen LogP) is 0.941. The van der Waals surface area contributed by atoms with Gasteiger partial charge in [-0.1, -0.05) is 19.9 Å². The molecular formula is C21H28N4O4. The van der Waals surface area contributed by atoms with E-state index < -0.39 is 23.8 Å². The zero-order valence-corrected chi connectivity index (χ0v) is 17.1. The molecule has 2 unspecified atom stereocenters. The minimum Gasteiger partial charge on any atom is -0.329 e. The summed E-state index contributed by atoms with van der Waals surface area (Å²) in [6.07, 6.45) is 1.16. The quantitative estimate of drug-likeness (QED) is 0.586. The number of nitrogens with one attached hydrogen (secondary N) is 2. The lowest BCUT2D eigenvalue weighted by molar-refractivity contribution is -0.136. The van der Waals surface area contributed by atoms with Crippen molar-refractivity contribution in [1.29, 1.82) is 0 Å². The number of hydrogen-bond donors (Lipinski definition) is 3. The molecule has 0 aliphatic carbocycles. The van der Waals surface area contributed by atoms with E-state index in [1.165, 1.54) is 0 Å². The van der Waals surface area contributed by atoms with E-state index in [2.05, 4.69) is 31.4 Å². The summed E-state index contributed by atoms with van der Waals surface area (Å²) < 4.78 is 0. The summed E-state index contributed by atoms with van der Waals surface area (Å²) in [7, 11) is 0. The van der Waals surface area contributed by atoms with Crippen LogP contribution in [0.5, 0.6) is 0 Å². The number of carbonyl (C=O) groups is 4. The van der Waals surface area contributed by atoms with Crippen LogP contribution in [0, 0.1) is 5.92 Å². The first-order chi connectivity index (χ1) is 13.6. The molecule has 8 heteroatoms. The molecule has 2 aliphatic heterocycles. The largest absolute Gasteiger partial charge is 0.329 e. The second-order valence-corrected chi connectivity index (χ2v) is 8.54. The first kappa shape index (κ1) is 21.1. The molecule has 0 spiro atoms. The molecule has 1 aromatic rings. The Morgan fingerprint density at radius 1 is 1.21 bits per heavy atom. The van der Waals surface area contributed by atoms with E-state index in [1.54, 1.807) is 18.2 Å². The molecule has 3 rings (SSSR count). The number of nitrogens with two attached hydrogens (primary N) is 1. The van der Waals surface area contributed by atoms with Crippen molar-refractivity contribution in [2.75, 3.05) is 6.54 Å². The third-order valence-electron chi connectivity index (χ3n) is 5.53. The van der Waals surface area contributed by atoms with Gasteiger partial charge < -0.3 is 11.1 Å². The Kier molecular flexibility index (Phi) is 5.86. The van der Waals surface area contributed by atoms with Gasteiger partial charge in [0, 0.05) is 25.0 Å². The monoisotopic (exact) mass is 400 g/mol. The summed E-state index contributed by atoms with van der Waals surface area (Å²) in [4.78, 5) is 50.1. The van der Waals surface area contributed by atoms with Crippen LogP contribution in [0.15, 0.2) is 18.2 Å². The van der Waals surface area contributed by atoms with E-state index in [0.717, 1.165) is 16.9 Å². The highest BCUT2D eigenvalue weighted by molar-refractivity contribution is 6.23. The number of fused-ring (bicyclic) bond motifs is 1. The third kappa shape index (κ3) is 4.23. The van der Waals surface area contributed by atoms with Crippen molar-refractivity contribution in [2.45, 2.75) is 58.2 Å². The maximum Gasteiger partial charge on any atom is 0.262 e. The average molecular weight is 400 g/mol. The summed E-state index contributed by atoms with van der Waals surface area (Å²) in [6.45, 7) is 7.34. The molecule has 2 heterocycles. The summed E-state index contributed by atoms with van der Waals surface area (Å²) in [5.74, 6) is -1.50. The normalized spacial score (nSPS) is 21.4. The van der Waals surface area contributed by atoms with Crippen LogP contribution >= 0.6 is 0 Å². The second kappa shape index (κ2) is 8.04. The van der Waals surface area contributed by atoms with Crippen LogP contribution in [0.2, 0.25) is 0 Å². The minimum absolute atomic E-state index is 0.104. The smallest absolute Gasteiger partial charge is 0.262 e. The zero-order chi connectivity index (χ0) is 21.3. The molecule has 2 atom stereocenters. The van der Waals surface area contributed by atoms with Gasteiger partial charge in [-0.15, -0.1) is 0 Å². The van der Waals surface area contributed by atoms with Crippen molar-refractivity contribution in [2.24, 2.45) is 11.7 Å². The number of rotatable bonds is 7. The van der Waals surface area contributed by atoms with E-state index in [-0.39, 0.29) is 35.4 Å². The molecule has 1 saturated heterocycles. The van der Waals surface area contributed by atoms with E-state index in [0.29, 0.717) is 19.0 Å². The van der Waals surface area contributed by atoms with Crippen LogP contribution in [0.1, 0.15) is 66.3 Å². The fourth-order valence-electron chi connectivity index (χ4n) is 4.07. The number of imide groups is 2. The van der Waals surface area contributed by atoms with Gasteiger partial charge in [-0.3, -0.25) is 29.4 Å². The Morgan fingerprint density at radius 3 is 2.52 bits per heavy atom. The summed E-state index contributed by atoms with van der Waals surface area (Å²) >= 11 is 0. The summed E-state index contributed by atoms with van der Waals surface area (Å²) in [5.41, 5.74) is 7.15. The van der Waals surface area contributed by atoms with Crippen LogP contribution in [0.25, 0.3) is 0 Å². The topological polar surface area (TPSA) is 122 Å². The molecule has 156 valence electrons. The first-order valence-electron chi connectivity index (χ1n) is 9.95. The molecule has 4 amide bonds. The SMILES string of the molecule is CC(C)CC(C)(CN)NCc1ccc2c(c1)C(=O)N(C1CCC(=O)NC1=O)C2=O. The molecule has 0 aromatic heterocycles. The lowest BCUT2D eigenvalue weighted by Gasteiger charge is -2.31. The Hall–Kier alpha value is -2.58. The molecule has 1 fully saturated rings. The van der Waals surface area contributed by atoms with E-state index >= 15 is 0 Å². The van der Waals surface area contributed by atoms with Gasteiger partial charge in [0.25, 0.3) is 11.8 Å². The highest BCUT2D eigenvalue weighted by Crippen LogP contribution is 2.28. The Labute approximate surface area is 170 Å². The lowest BCUT2D eigenvalue weighted by Crippen LogP contribution is -2.54. The van der Waals surface area contributed by atoms with Gasteiger partial charge in [-0.25, -0.2) is 0 Å². The average Bonchev–Trinajstić information content (AvgIpc) is 2.90. The van der Waals surface area contributed by atoms with Gasteiger partial charge in [0.05, 0.1) is 11.1 Å². The minimum atomic E-state index is -0.951. The number of amides is 4. The van der Waals surface area contributed by atoms with Gasteiger partial charge in [0.2, 0.25) is 11.8 Å². The van der Waals surface area contributed by atoms with Gasteiger partial charge >= 0.3 is 0 Å². The van der Waals surface area contributed by atoms with Gasteiger partial charge in [0.1, 0.15) is 6.04 Å². The number of hydrogen-bond acceptors (Lipinski definition) is 6. The predicted molar refractivity (Wildman–Crippen MR) is 107 cm³/mol. The molecule has 8 nitrogen and oxygen atoms in total. The molecule has 0 saturated carbocycles. The van der Waals surface area contributed by atoms with Crippen LogP contribution in [-0.2, 0) is 16.1 Å². The molecule has 4 N–H and O–H groups in total. The van der Waals surface area contributed by atoms with Crippen molar-refractivity contribution in [3.05, 3.63) is 34.9 Å². The van der Waals surface area contributed by atoms with E-state index in [1.807, 2.05) is 0 Å². The Bertz CT molecular complexity index is 866. The van der Waals surface area contributed by atoms with Gasteiger partial charge in [-0.2, -0.15) is 0 Å². The molecule has 29 heavy (non-hydrogen) atoms. The molecule has 0 bridgehead atoms. The Morgan fingerprint density at radius 2 is 1.90 bits per heavy atom. The highest BCUT2D eigenvalue weighted by Gasteiger charge is 2.44. The van der Waals surface area contributed by atoms with Crippen LogP contribution in [0.4, 0.5) is 0 Å². The summed E-state index contributed by atoms with van der Waals surface area (Å²) in [5, 5.41) is 5.66. The van der Waals surface area contributed by atoms with Crippen molar-refractivity contribution in [3.63, 3.8) is 0 Å². The number of nitrogens with zero attached hydrogens (tertiary/aromatic N) is 1. The molecule has 2 aliphatic rings. The highest BCUT2D eigenvalue weighted by atomic mass is 16.2. The Balaban J connectivity index is 1.77. The van der Waals surface area contributed by atoms with Crippen LogP contribution in [0.3, 0.4) is 0 Å². The maximum absolute atomic E-state index is 12.9. The fraction of sp³-hybridized carbons (Fsp3) is 0.524. The van der Waals surface area contributed by atoms with E-state index in [9.17, 15) is 19.2 Å². The number of carbonyl (C=O) groups excluding carboxylic acids is 4. The van der Waals surface area contributed by atoms with Crippen molar-refractivity contribution in [1.82, 2.24) is 15.5 Å². The summed E-state index contributed by atoms with van der Waals surface area (Å²) in [6, 6.07) is 4.17. The molecule has 1 aromatic carbocycles. The molecular weight excluding hydrogens is 372 g/mol. The number of piperidine rings is 1. The second-order valence-electron chi connectivity index (χ2n) is 8.54. The van der Waals surface area contributed by atoms with Crippen LogP contribution in [-0.4, -0.2) is 46.7 Å². The fourth-order valence-corrected chi connectivity index (χ4v) is 4.07. The number of benzene rings is 1. The first-order valence-corrected chi connectivity index (χ1v) is 9.95. The van der Waals surface area contributed by atoms with E-state index in [4.69, 9.17) is 5.73 Å². The lowest BCUT2D eigenvalue weighted by atomic mass is 9.90. The standard InChI is InChI=1S/C21H28N4O4/c1-12(2)9-21(3,11-22)23-10-13-4-5-14-15(8-13)20(29)25(19(14)28)16-6-7-17(26)24-18(16)27/h4-5,8,12,16,23H,6-7,9-11,22H2,1-3H3,(H,24,26,27). The van der Waals surface area contributed by atoms with Gasteiger partial charge in [0.15, 0.2) is 0 Å². The van der Waals surface area contributed by atoms with Gasteiger partial charge in [-0.05, 0) is 43.4 Å².